The molecule has 12 heteroatoms. The number of carbonyl (C=O) groups is 2. The van der Waals surface area contributed by atoms with Crippen molar-refractivity contribution in [2.75, 3.05) is 11.5 Å². The van der Waals surface area contributed by atoms with Crippen LogP contribution in [0.3, 0.4) is 0 Å². The van der Waals surface area contributed by atoms with Crippen LogP contribution in [0.5, 0.6) is 0 Å². The minimum Gasteiger partial charge on any atom is -0.299 e. The Hall–Kier alpha value is -1.82. The number of Topliss-reactive ketones (excluding diaryl/α,β-unsaturated/α-hetero) is 2. The van der Waals surface area contributed by atoms with Gasteiger partial charge in [-0.1, -0.05) is 51.9 Å². The van der Waals surface area contributed by atoms with E-state index in [1.165, 1.54) is 0 Å². The minimum atomic E-state index is -4.20. The van der Waals surface area contributed by atoms with Gasteiger partial charge in [0.25, 0.3) is 0 Å². The molecule has 0 spiro atoms. The summed E-state index contributed by atoms with van der Waals surface area (Å²) in [6.07, 6.45) is 3.81. The lowest BCUT2D eigenvalue weighted by Crippen LogP contribution is -2.42. The third-order valence-electron chi connectivity index (χ3n) is 10.6. The Labute approximate surface area is 226 Å². The molecular formula is C26H40N2O8S2. The highest BCUT2D eigenvalue weighted by molar-refractivity contribution is 7.87. The Morgan fingerprint density at radius 1 is 0.737 bits per heavy atom. The van der Waals surface area contributed by atoms with Crippen molar-refractivity contribution in [3.8, 4) is 0 Å². The second kappa shape index (κ2) is 9.38. The summed E-state index contributed by atoms with van der Waals surface area (Å²) in [5, 5.41) is 7.62. The van der Waals surface area contributed by atoms with Crippen LogP contribution in [0.25, 0.3) is 0 Å². The molecule has 4 atom stereocenters. The summed E-state index contributed by atoms with van der Waals surface area (Å²) < 4.78 is 61.7. The fraction of sp³-hybridized carbons (Fsp3) is 0.846. The van der Waals surface area contributed by atoms with Gasteiger partial charge in [0.15, 0.2) is 0 Å². The SMILES string of the molecule is CCC(=NOS(=O)(=O)CC12CCC(CC1=O)C2(C)C)C(CC)=NOS(=O)(=O)CC12CCC(CC1=O)C2(C)C. The third-order valence-corrected chi connectivity index (χ3v) is 12.9. The summed E-state index contributed by atoms with van der Waals surface area (Å²) in [5.41, 5.74) is -2.60. The highest BCUT2D eigenvalue weighted by atomic mass is 32.2. The molecule has 0 amide bonds. The summed E-state index contributed by atoms with van der Waals surface area (Å²) in [5.74, 6) is -0.650. The van der Waals surface area contributed by atoms with Crippen molar-refractivity contribution in [3.63, 3.8) is 0 Å². The van der Waals surface area contributed by atoms with E-state index < -0.39 is 53.4 Å². The lowest BCUT2D eigenvalue weighted by molar-refractivity contribution is -0.128. The summed E-state index contributed by atoms with van der Waals surface area (Å²) in [6, 6.07) is 0. The molecule has 214 valence electrons. The molecule has 4 aliphatic rings. The first-order valence-corrected chi connectivity index (χ1v) is 16.7. The second-order valence-corrected chi connectivity index (χ2v) is 15.8. The molecule has 0 aromatic rings. The fourth-order valence-electron chi connectivity index (χ4n) is 7.72. The summed E-state index contributed by atoms with van der Waals surface area (Å²) in [6.45, 7) is 11.2. The van der Waals surface area contributed by atoms with Gasteiger partial charge in [0.2, 0.25) is 0 Å². The van der Waals surface area contributed by atoms with Gasteiger partial charge in [0.05, 0.1) is 10.8 Å². The average molecular weight is 573 g/mol. The van der Waals surface area contributed by atoms with Gasteiger partial charge in [0, 0.05) is 12.8 Å². The van der Waals surface area contributed by atoms with Gasteiger partial charge in [-0.15, -0.1) is 0 Å². The molecule has 0 N–H and O–H groups in total. The maximum atomic E-state index is 12.9. The van der Waals surface area contributed by atoms with Crippen molar-refractivity contribution in [1.82, 2.24) is 0 Å². The van der Waals surface area contributed by atoms with E-state index in [0.29, 0.717) is 25.7 Å². The number of rotatable bonds is 11. The molecule has 0 heterocycles. The fourth-order valence-corrected chi connectivity index (χ4v) is 10.8. The first-order chi connectivity index (χ1) is 17.5. The van der Waals surface area contributed by atoms with Crippen LogP contribution < -0.4 is 0 Å². The second-order valence-electron chi connectivity index (χ2n) is 12.7. The van der Waals surface area contributed by atoms with E-state index in [-0.39, 0.29) is 47.7 Å². The number of carbonyl (C=O) groups excluding carboxylic acids is 2. The van der Waals surface area contributed by atoms with Crippen molar-refractivity contribution in [3.05, 3.63) is 0 Å². The van der Waals surface area contributed by atoms with Gasteiger partial charge in [-0.2, -0.15) is 16.8 Å². The monoisotopic (exact) mass is 572 g/mol. The van der Waals surface area contributed by atoms with Crippen LogP contribution in [-0.4, -0.2) is 51.3 Å². The highest BCUT2D eigenvalue weighted by Gasteiger charge is 2.66. The van der Waals surface area contributed by atoms with E-state index >= 15 is 0 Å². The lowest BCUT2D eigenvalue weighted by atomic mass is 9.70. The zero-order valence-electron chi connectivity index (χ0n) is 23.2. The zero-order chi connectivity index (χ0) is 28.4. The molecule has 38 heavy (non-hydrogen) atoms. The molecule has 0 radical (unpaired) electrons. The predicted molar refractivity (Wildman–Crippen MR) is 142 cm³/mol. The van der Waals surface area contributed by atoms with Gasteiger partial charge < -0.3 is 0 Å². The Morgan fingerprint density at radius 3 is 1.32 bits per heavy atom. The number of hydrogen-bond acceptors (Lipinski definition) is 10. The maximum absolute atomic E-state index is 12.9. The molecule has 4 saturated carbocycles. The number of ketones is 2. The first kappa shape index (κ1) is 29.2. The largest absolute Gasteiger partial charge is 0.329 e. The Balaban J connectivity index is 1.48. The highest BCUT2D eigenvalue weighted by Crippen LogP contribution is 2.65. The van der Waals surface area contributed by atoms with Gasteiger partial charge >= 0.3 is 20.2 Å². The minimum absolute atomic E-state index is 0.0444. The van der Waals surface area contributed by atoms with Crippen LogP contribution in [0.15, 0.2) is 10.3 Å². The number of fused-ring (bicyclic) bond motifs is 4. The molecule has 4 unspecified atom stereocenters. The Kier molecular flexibility index (Phi) is 7.20. The molecule has 4 aliphatic carbocycles. The maximum Gasteiger partial charge on any atom is 0.329 e. The molecule has 0 aliphatic heterocycles. The molecule has 4 bridgehead atoms. The van der Waals surface area contributed by atoms with Crippen LogP contribution in [0.2, 0.25) is 0 Å². The molecule has 4 fully saturated rings. The molecule has 4 rings (SSSR count). The van der Waals surface area contributed by atoms with E-state index in [1.807, 2.05) is 27.7 Å². The first-order valence-electron chi connectivity index (χ1n) is 13.5. The van der Waals surface area contributed by atoms with E-state index in [9.17, 15) is 26.4 Å². The van der Waals surface area contributed by atoms with Gasteiger partial charge in [0.1, 0.15) is 34.5 Å². The summed E-state index contributed by atoms with van der Waals surface area (Å²) >= 11 is 0. The molecule has 0 aromatic carbocycles. The van der Waals surface area contributed by atoms with E-state index in [4.69, 9.17) is 8.57 Å². The topological polar surface area (TPSA) is 146 Å². The van der Waals surface area contributed by atoms with Crippen LogP contribution in [0, 0.1) is 33.5 Å². The molecular weight excluding hydrogens is 532 g/mol. The van der Waals surface area contributed by atoms with Gasteiger partial charge in [-0.05, 0) is 61.2 Å². The molecule has 0 aromatic heterocycles. The molecule has 10 nitrogen and oxygen atoms in total. The van der Waals surface area contributed by atoms with E-state index in [2.05, 4.69) is 10.3 Å². The number of oxime groups is 2. The van der Waals surface area contributed by atoms with Crippen LogP contribution in [0.1, 0.15) is 92.9 Å². The third kappa shape index (κ3) is 4.43. The average Bonchev–Trinajstić information content (AvgIpc) is 3.33. The van der Waals surface area contributed by atoms with E-state index in [0.717, 1.165) is 12.8 Å². The van der Waals surface area contributed by atoms with Crippen molar-refractivity contribution < 1.29 is 35.0 Å². The Bertz CT molecular complexity index is 1200. The smallest absolute Gasteiger partial charge is 0.299 e. The summed E-state index contributed by atoms with van der Waals surface area (Å²) in [7, 11) is -8.41. The zero-order valence-corrected chi connectivity index (χ0v) is 24.8. The molecule has 0 saturated heterocycles. The van der Waals surface area contributed by atoms with Crippen LogP contribution in [-0.2, 0) is 38.4 Å². The number of hydrogen-bond donors (Lipinski definition) is 0. The predicted octanol–water partition coefficient (Wildman–Crippen LogP) is 4.00. The van der Waals surface area contributed by atoms with Gasteiger partial charge in [-0.25, -0.2) is 0 Å². The van der Waals surface area contributed by atoms with Crippen LogP contribution >= 0.6 is 0 Å². The quantitative estimate of drug-likeness (QED) is 0.267. The van der Waals surface area contributed by atoms with E-state index in [1.54, 1.807) is 13.8 Å². The standard InChI is InChI=1S/C26H40N2O8S2/c1-7-19(27-35-37(31,32)15-25-11-9-17(13-21(25)29)23(25,3)4)20(8-2)28-36-38(33,34)16-26-12-10-18(14-22(26)30)24(26,5)6/h17-18H,7-16H2,1-6H3. The van der Waals surface area contributed by atoms with Crippen molar-refractivity contribution in [2.24, 2.45) is 43.8 Å². The van der Waals surface area contributed by atoms with Crippen molar-refractivity contribution >= 4 is 43.2 Å². The van der Waals surface area contributed by atoms with Crippen molar-refractivity contribution in [2.45, 2.75) is 92.9 Å². The van der Waals surface area contributed by atoms with Crippen molar-refractivity contribution in [1.29, 1.82) is 0 Å². The normalized spacial score (nSPS) is 34.3. The van der Waals surface area contributed by atoms with Crippen LogP contribution in [0.4, 0.5) is 0 Å². The van der Waals surface area contributed by atoms with Gasteiger partial charge in [-0.3, -0.25) is 18.2 Å². The summed E-state index contributed by atoms with van der Waals surface area (Å²) in [4.78, 5) is 25.5. The Morgan fingerprint density at radius 2 is 1.08 bits per heavy atom. The lowest BCUT2D eigenvalue weighted by Gasteiger charge is -2.35. The number of nitrogens with zero attached hydrogens (tertiary/aromatic N) is 2.